The lowest BCUT2D eigenvalue weighted by molar-refractivity contribution is -0.137. The summed E-state index contributed by atoms with van der Waals surface area (Å²) in [6.07, 6.45) is -4.81. The maximum atomic E-state index is 12.8. The van der Waals surface area contributed by atoms with Gasteiger partial charge in [-0.3, -0.25) is 4.79 Å². The smallest absolute Gasteiger partial charge is 0.416 e. The van der Waals surface area contributed by atoms with Gasteiger partial charge >= 0.3 is 18.1 Å². The number of fused-ring (bicyclic) bond motifs is 1. The van der Waals surface area contributed by atoms with Crippen LogP contribution in [-0.4, -0.2) is 28.6 Å². The van der Waals surface area contributed by atoms with Gasteiger partial charge in [0.2, 0.25) is 0 Å². The van der Waals surface area contributed by atoms with Gasteiger partial charge in [-0.25, -0.2) is 9.59 Å². The zero-order chi connectivity index (χ0) is 19.4. The van der Waals surface area contributed by atoms with Crippen molar-refractivity contribution in [2.45, 2.75) is 26.9 Å². The van der Waals surface area contributed by atoms with Gasteiger partial charge in [-0.15, -0.1) is 0 Å². The lowest BCUT2D eigenvalue weighted by Crippen LogP contribution is -2.16. The Kier molecular flexibility index (Phi) is 6.32. The number of aromatic carboxylic acids is 1. The lowest BCUT2D eigenvalue weighted by Gasteiger charge is -2.11. The fourth-order valence-corrected chi connectivity index (χ4v) is 2.00. The Morgan fingerprint density at radius 3 is 2.28 bits per heavy atom. The normalized spacial score (nSPS) is 10.8. The topological polar surface area (TPSA) is 96.5 Å². The maximum absolute atomic E-state index is 12.8. The van der Waals surface area contributed by atoms with Gasteiger partial charge in [0, 0.05) is 11.5 Å². The van der Waals surface area contributed by atoms with Gasteiger partial charge in [-0.05, 0) is 19.1 Å². The molecule has 25 heavy (non-hydrogen) atoms. The molecule has 0 aliphatic rings. The fourth-order valence-electron chi connectivity index (χ4n) is 2.00. The van der Waals surface area contributed by atoms with Gasteiger partial charge < -0.3 is 14.8 Å². The highest BCUT2D eigenvalue weighted by Gasteiger charge is 2.32. The van der Waals surface area contributed by atoms with Crippen molar-refractivity contribution in [3.05, 3.63) is 45.2 Å². The predicted octanol–water partition coefficient (Wildman–Crippen LogP) is 3.45. The van der Waals surface area contributed by atoms with Crippen molar-refractivity contribution < 1.29 is 32.6 Å². The van der Waals surface area contributed by atoms with Crippen molar-refractivity contribution in [3.63, 3.8) is 0 Å². The Bertz CT molecular complexity index is 855. The number of carbonyl (C=O) groups is 2. The number of pyridine rings is 1. The molecule has 0 aliphatic carbocycles. The molecule has 6 nitrogen and oxygen atoms in total. The molecule has 0 amide bonds. The van der Waals surface area contributed by atoms with Crippen molar-refractivity contribution in [2.75, 3.05) is 6.61 Å². The highest BCUT2D eigenvalue weighted by Crippen LogP contribution is 2.32. The largest absolute Gasteiger partial charge is 0.478 e. The van der Waals surface area contributed by atoms with Crippen LogP contribution in [0.3, 0.4) is 0 Å². The number of nitrogens with one attached hydrogen (secondary N) is 1. The first-order valence-electron chi connectivity index (χ1n) is 7.33. The number of carbonyl (C=O) groups excluding carboxylic acids is 1. The molecule has 1 aromatic carbocycles. The van der Waals surface area contributed by atoms with E-state index in [9.17, 15) is 27.6 Å². The molecule has 0 saturated heterocycles. The molecule has 0 radical (unpaired) electrons. The molecular formula is C16H16F3NO5. The number of H-pyrrole nitrogens is 1. The molecule has 0 bridgehead atoms. The molecular weight excluding hydrogens is 343 g/mol. The third-order valence-corrected chi connectivity index (χ3v) is 2.99. The average molecular weight is 359 g/mol. The fraction of sp³-hybridized carbons (Fsp3) is 0.312. The van der Waals surface area contributed by atoms with Crippen LogP contribution in [0.4, 0.5) is 13.2 Å². The summed E-state index contributed by atoms with van der Waals surface area (Å²) >= 11 is 0. The summed E-state index contributed by atoms with van der Waals surface area (Å²) in [4.78, 5) is 37.2. The lowest BCUT2D eigenvalue weighted by atomic mass is 10.0. The van der Waals surface area contributed by atoms with Crippen LogP contribution in [-0.2, 0) is 10.9 Å². The molecule has 0 saturated carbocycles. The molecule has 0 aliphatic heterocycles. The second kappa shape index (κ2) is 7.82. The number of hydrogen-bond acceptors (Lipinski definition) is 4. The van der Waals surface area contributed by atoms with Gasteiger partial charge in [-0.1, -0.05) is 13.8 Å². The molecule has 1 aromatic heterocycles. The summed E-state index contributed by atoms with van der Waals surface area (Å²) in [5, 5.41) is 8.61. The first-order chi connectivity index (χ1) is 11.6. The third kappa shape index (κ3) is 4.37. The van der Waals surface area contributed by atoms with E-state index in [1.165, 1.54) is 6.92 Å². The summed E-state index contributed by atoms with van der Waals surface area (Å²) in [6.45, 7) is 5.53. The minimum atomic E-state index is -4.81. The zero-order valence-electron chi connectivity index (χ0n) is 13.7. The van der Waals surface area contributed by atoms with E-state index in [0.29, 0.717) is 12.1 Å². The number of hydrogen-bond donors (Lipinski definition) is 2. The molecule has 0 atom stereocenters. The number of aromatic amines is 1. The number of halogens is 3. The molecule has 2 N–H and O–H groups in total. The molecule has 2 aromatic rings. The molecule has 0 unspecified atom stereocenters. The summed E-state index contributed by atoms with van der Waals surface area (Å²) in [5.41, 5.74) is -3.67. The van der Waals surface area contributed by atoms with Crippen molar-refractivity contribution in [1.82, 2.24) is 4.98 Å². The summed E-state index contributed by atoms with van der Waals surface area (Å²) in [7, 11) is 0. The number of benzene rings is 1. The molecule has 0 fully saturated rings. The highest BCUT2D eigenvalue weighted by atomic mass is 19.4. The third-order valence-electron chi connectivity index (χ3n) is 2.99. The minimum absolute atomic E-state index is 0.0116. The Morgan fingerprint density at radius 2 is 1.80 bits per heavy atom. The van der Waals surface area contributed by atoms with Crippen molar-refractivity contribution in [1.29, 1.82) is 0 Å². The van der Waals surface area contributed by atoms with Crippen LogP contribution < -0.4 is 5.43 Å². The van der Waals surface area contributed by atoms with Gasteiger partial charge in [0.05, 0.1) is 23.3 Å². The van der Waals surface area contributed by atoms with E-state index in [2.05, 4.69) is 9.72 Å². The van der Waals surface area contributed by atoms with Gasteiger partial charge in [0.1, 0.15) is 5.69 Å². The second-order valence-electron chi connectivity index (χ2n) is 4.52. The van der Waals surface area contributed by atoms with Gasteiger partial charge in [0.15, 0.2) is 5.43 Å². The van der Waals surface area contributed by atoms with Crippen molar-refractivity contribution >= 4 is 22.8 Å². The molecule has 0 spiro atoms. The quantitative estimate of drug-likeness (QED) is 0.818. The van der Waals surface area contributed by atoms with Crippen molar-refractivity contribution in [3.8, 4) is 0 Å². The van der Waals surface area contributed by atoms with E-state index in [1.807, 2.05) is 13.8 Å². The van der Waals surface area contributed by atoms with E-state index in [4.69, 9.17) is 5.11 Å². The SMILES string of the molecule is CC.CCOC(=O)c1cc(=O)c2cc(C(F)(F)F)cc(C(=O)O)c2[nH]1. The van der Waals surface area contributed by atoms with Crippen LogP contribution in [0.2, 0.25) is 0 Å². The van der Waals surface area contributed by atoms with Crippen molar-refractivity contribution in [2.24, 2.45) is 0 Å². The van der Waals surface area contributed by atoms with E-state index in [0.717, 1.165) is 6.07 Å². The number of esters is 1. The van der Waals surface area contributed by atoms with Crippen LogP contribution in [0, 0.1) is 0 Å². The van der Waals surface area contributed by atoms with E-state index < -0.39 is 40.1 Å². The van der Waals surface area contributed by atoms with Crippen LogP contribution in [0.15, 0.2) is 23.0 Å². The molecule has 2 rings (SSSR count). The summed E-state index contributed by atoms with van der Waals surface area (Å²) in [5.74, 6) is -2.58. The first-order valence-corrected chi connectivity index (χ1v) is 7.33. The van der Waals surface area contributed by atoms with Gasteiger partial charge in [0.25, 0.3) is 0 Å². The number of carboxylic acid groups (broad SMARTS) is 1. The van der Waals surface area contributed by atoms with Crippen LogP contribution in [0.25, 0.3) is 10.9 Å². The van der Waals surface area contributed by atoms with E-state index >= 15 is 0 Å². The zero-order valence-corrected chi connectivity index (χ0v) is 13.7. The predicted molar refractivity (Wildman–Crippen MR) is 83.8 cm³/mol. The summed E-state index contributed by atoms with van der Waals surface area (Å²) < 4.78 is 43.1. The Labute approximate surface area is 140 Å². The minimum Gasteiger partial charge on any atom is -0.478 e. The summed E-state index contributed by atoms with van der Waals surface area (Å²) in [6, 6.07) is 1.71. The number of aromatic nitrogens is 1. The molecule has 1 heterocycles. The standard InChI is InChI=1S/C14H10F3NO5.C2H6/c1-2-23-13(22)9-5-10(19)7-3-6(14(15,16)17)4-8(12(20)21)11(7)18-9;1-2/h3-5H,2H2,1H3,(H,18,19)(H,20,21);1-2H3. The number of rotatable bonds is 3. The van der Waals surface area contributed by atoms with Crippen LogP contribution >= 0.6 is 0 Å². The molecule has 136 valence electrons. The maximum Gasteiger partial charge on any atom is 0.416 e. The highest BCUT2D eigenvalue weighted by molar-refractivity contribution is 6.03. The van der Waals surface area contributed by atoms with E-state index in [1.54, 1.807) is 0 Å². The monoisotopic (exact) mass is 359 g/mol. The van der Waals surface area contributed by atoms with Crippen LogP contribution in [0.1, 0.15) is 47.2 Å². The first kappa shape index (κ1) is 20.2. The number of ether oxygens (including phenoxy) is 1. The second-order valence-corrected chi connectivity index (χ2v) is 4.52. The number of alkyl halides is 3. The Hall–Kier alpha value is -2.84. The Morgan fingerprint density at radius 1 is 1.20 bits per heavy atom. The van der Waals surface area contributed by atoms with Gasteiger partial charge in [-0.2, -0.15) is 13.2 Å². The van der Waals surface area contributed by atoms with Crippen LogP contribution in [0.5, 0.6) is 0 Å². The Balaban J connectivity index is 0.00000151. The average Bonchev–Trinajstić information content (AvgIpc) is 2.55. The molecule has 9 heteroatoms. The van der Waals surface area contributed by atoms with E-state index in [-0.39, 0.29) is 17.8 Å². The number of carboxylic acids is 1.